The maximum absolute atomic E-state index is 13.1. The normalized spacial score (nSPS) is 17.8. The van der Waals surface area contributed by atoms with Crippen LogP contribution in [0.2, 0.25) is 0 Å². The Balaban J connectivity index is 1.58. The molecule has 17 heteroatoms. The highest BCUT2D eigenvalue weighted by atomic mass is 32.2. The number of anilines is 2. The van der Waals surface area contributed by atoms with Crippen LogP contribution in [0.15, 0.2) is 101 Å². The van der Waals surface area contributed by atoms with Crippen molar-refractivity contribution in [3.8, 4) is 22.5 Å². The Hall–Kier alpha value is -5.59. The van der Waals surface area contributed by atoms with E-state index in [4.69, 9.17) is 4.42 Å². The van der Waals surface area contributed by atoms with Crippen molar-refractivity contribution in [2.24, 2.45) is 0 Å². The fraction of sp³-hybridized carbons (Fsp3) is 0.220. The van der Waals surface area contributed by atoms with E-state index in [-0.39, 0.29) is 29.8 Å². The third-order valence-electron chi connectivity index (χ3n) is 10.4. The first kappa shape index (κ1) is 40.6. The van der Waals surface area contributed by atoms with Crippen molar-refractivity contribution in [2.45, 2.75) is 32.6 Å². The van der Waals surface area contributed by atoms with Gasteiger partial charge in [0.2, 0.25) is 36.5 Å². The van der Waals surface area contributed by atoms with Crippen molar-refractivity contribution in [2.75, 3.05) is 35.0 Å². The number of nitrogens with zero attached hydrogens (tertiary/aromatic N) is 2. The Morgan fingerprint density at radius 3 is 2.09 bits per heavy atom. The molecule has 4 N–H and O–H groups in total. The fourth-order valence-corrected chi connectivity index (χ4v) is 10.3. The van der Waals surface area contributed by atoms with Gasteiger partial charge in [-0.25, -0.2) is 26.1 Å². The molecule has 1 aliphatic carbocycles. The maximum atomic E-state index is 13.1. The van der Waals surface area contributed by atoms with Crippen LogP contribution in [0.3, 0.4) is 0 Å². The van der Waals surface area contributed by atoms with Gasteiger partial charge in [-0.05, 0) is 67.8 Å². The van der Waals surface area contributed by atoms with Crippen molar-refractivity contribution in [3.05, 3.63) is 119 Å². The van der Waals surface area contributed by atoms with Crippen LogP contribution in [-0.4, -0.2) is 71.9 Å². The van der Waals surface area contributed by atoms with Crippen molar-refractivity contribution < 1.29 is 44.1 Å². The smallest absolute Gasteiger partial charge is 0.336 e. The van der Waals surface area contributed by atoms with Crippen LogP contribution in [0.25, 0.3) is 33.4 Å². The highest BCUT2D eigenvalue weighted by molar-refractivity contribution is 7.92. The van der Waals surface area contributed by atoms with Gasteiger partial charge in [-0.15, -0.1) is 0 Å². The number of aromatic carboxylic acids is 1. The van der Waals surface area contributed by atoms with Gasteiger partial charge < -0.3 is 9.52 Å². The topological polar surface area (TPSA) is 200 Å². The molecule has 58 heavy (non-hydrogen) atoms. The van der Waals surface area contributed by atoms with E-state index < -0.39 is 46.0 Å². The number of nitrogens with one attached hydrogen (secondary N) is 2. The van der Waals surface area contributed by atoms with Crippen LogP contribution in [0.4, 0.5) is 28.4 Å². The molecule has 14 nitrogen and oxygen atoms in total. The van der Waals surface area contributed by atoms with Gasteiger partial charge in [0.1, 0.15) is 35.0 Å². The van der Waals surface area contributed by atoms with Gasteiger partial charge >= 0.3 is 16.1 Å². The Bertz CT molecular complexity index is 3050. The lowest BCUT2D eigenvalue weighted by atomic mass is 9.90. The summed E-state index contributed by atoms with van der Waals surface area (Å²) in [7, 11) is -12.2. The second-order valence-electron chi connectivity index (χ2n) is 14.6. The molecule has 0 saturated carbocycles. The monoisotopic (exact) mass is 846 g/mol. The zero-order valence-corrected chi connectivity index (χ0v) is 34.7. The van der Waals surface area contributed by atoms with Crippen molar-refractivity contribution in [1.29, 1.82) is 0 Å². The van der Waals surface area contributed by atoms with E-state index >= 15 is 0 Å². The van der Waals surface area contributed by atoms with Gasteiger partial charge in [0, 0.05) is 46.8 Å². The van der Waals surface area contributed by atoms with Crippen LogP contribution in [0.5, 0.6) is 0 Å². The van der Waals surface area contributed by atoms with Gasteiger partial charge in [-0.2, -0.15) is 13.0 Å². The predicted octanol–water partition coefficient (Wildman–Crippen LogP) is 6.64. The van der Waals surface area contributed by atoms with Gasteiger partial charge in [-0.1, -0.05) is 30.3 Å². The third kappa shape index (κ3) is 7.58. The molecule has 0 aromatic heterocycles. The lowest BCUT2D eigenvalue weighted by Crippen LogP contribution is -2.66. The summed E-state index contributed by atoms with van der Waals surface area (Å²) in [5.41, 5.74) is 5.13. The van der Waals surface area contributed by atoms with E-state index in [9.17, 15) is 39.7 Å². The Morgan fingerprint density at radius 2 is 1.47 bits per heavy atom. The number of sulfonamides is 2. The first-order chi connectivity index (χ1) is 27.2. The number of carboxylic acids is 1. The molecule has 2 aliphatic heterocycles. The summed E-state index contributed by atoms with van der Waals surface area (Å²) in [6, 6.07) is 27.3. The summed E-state index contributed by atoms with van der Waals surface area (Å²) in [5.74, 6) is -0.822. The van der Waals surface area contributed by atoms with Gasteiger partial charge in [0.05, 0.1) is 37.1 Å². The number of hydrogen-bond acceptors (Lipinski definition) is 8. The molecular weight excluding hydrogens is 805 g/mol. The molecule has 0 amide bonds. The van der Waals surface area contributed by atoms with E-state index in [0.29, 0.717) is 68.1 Å². The van der Waals surface area contributed by atoms with E-state index in [1.165, 1.54) is 6.07 Å². The summed E-state index contributed by atoms with van der Waals surface area (Å²) in [4.78, 5) is 12.6. The van der Waals surface area contributed by atoms with Crippen molar-refractivity contribution in [3.63, 3.8) is 0 Å². The molecular formula is C41H42N4O10S3+2. The van der Waals surface area contributed by atoms with E-state index in [2.05, 4.69) is 9.44 Å². The first-order valence-electron chi connectivity index (χ1n) is 18.2. The molecule has 0 radical (unpaired) electrons. The van der Waals surface area contributed by atoms with E-state index in [1.54, 1.807) is 79.7 Å². The number of hydrogen-bond donors (Lipinski definition) is 4. The molecule has 2 heterocycles. The summed E-state index contributed by atoms with van der Waals surface area (Å²) in [6.45, 7) is 6.18. The van der Waals surface area contributed by atoms with E-state index in [0.717, 1.165) is 18.1 Å². The van der Waals surface area contributed by atoms with Crippen LogP contribution in [0.1, 0.15) is 34.8 Å². The molecule has 2 unspecified atom stereocenters. The third-order valence-corrected chi connectivity index (χ3v) is 12.9. The lowest BCUT2D eigenvalue weighted by molar-refractivity contribution is 0.0697. The number of rotatable bonds is 11. The second kappa shape index (κ2) is 14.7. The molecule has 4 aromatic carbocycles. The molecule has 7 rings (SSSR count). The molecule has 0 bridgehead atoms. The quantitative estimate of drug-likeness (QED) is 0.0474. The highest BCUT2D eigenvalue weighted by Gasteiger charge is 2.58. The Labute approximate surface area is 336 Å². The van der Waals surface area contributed by atoms with Crippen molar-refractivity contribution in [1.82, 2.24) is 9.06 Å². The summed E-state index contributed by atoms with van der Waals surface area (Å²) in [5, 5.41) is 10.1. The summed E-state index contributed by atoms with van der Waals surface area (Å²) < 4.78 is 99.8. The minimum Gasteiger partial charge on any atom is -0.478 e. The fourth-order valence-electron chi connectivity index (χ4n) is 7.94. The zero-order valence-electron chi connectivity index (χ0n) is 32.2. The minimum atomic E-state index is -4.71. The van der Waals surface area contributed by atoms with Crippen LogP contribution in [0, 0.1) is 13.8 Å². The number of benzene rings is 5. The predicted molar refractivity (Wildman–Crippen MR) is 226 cm³/mol. The molecule has 1 fully saturated rings. The zero-order chi connectivity index (χ0) is 41.9. The van der Waals surface area contributed by atoms with Gasteiger partial charge in [0.25, 0.3) is 0 Å². The number of aryl methyl sites for hydroxylation is 2. The van der Waals surface area contributed by atoms with E-state index in [1.807, 2.05) is 36.6 Å². The largest absolute Gasteiger partial charge is 0.478 e. The Morgan fingerprint density at radius 1 is 0.810 bits per heavy atom. The number of carbonyl (C=O) groups is 1. The number of fused-ring (bicyclic) bond motifs is 2. The summed E-state index contributed by atoms with van der Waals surface area (Å²) in [6.07, 6.45) is 2.13. The van der Waals surface area contributed by atoms with Crippen molar-refractivity contribution >= 4 is 75.5 Å². The average molecular weight is 847 g/mol. The minimum absolute atomic E-state index is 0.0322. The first-order valence-corrected chi connectivity index (χ1v) is 23.4. The van der Waals surface area contributed by atoms with Gasteiger partial charge in [0.15, 0.2) is 5.69 Å². The number of quaternary nitrogens is 1. The van der Waals surface area contributed by atoms with Crippen LogP contribution < -0.4 is 23.9 Å². The second-order valence-corrected chi connectivity index (χ2v) is 19.6. The maximum Gasteiger partial charge on any atom is 0.336 e. The molecule has 302 valence electrons. The Kier molecular flexibility index (Phi) is 10.3. The molecule has 0 spiro atoms. The van der Waals surface area contributed by atoms with Crippen LogP contribution in [-0.2, 0) is 30.2 Å². The SMILES string of the molecule is CC[N+](c1cc(C)ccc1NS(C)(=O)=O)=c1ccc2c(-c3ccccc3C(=O)O)c3ccc([N+]4(c5cc(C)ccc5NS(C)(=O)=O)CCC4S(=O)(=O)O)cc3oc-2c1. The van der Waals surface area contributed by atoms with Gasteiger partial charge in [-0.3, -0.25) is 14.0 Å². The molecule has 3 aliphatic rings. The molecule has 4 aromatic rings. The number of carboxylic acid groups (broad SMARTS) is 1. The molecule has 2 atom stereocenters. The van der Waals surface area contributed by atoms with Crippen LogP contribution >= 0.6 is 0 Å². The highest BCUT2D eigenvalue weighted by Crippen LogP contribution is 2.52. The molecule has 1 saturated heterocycles. The standard InChI is InChI=1S/C41H40N4O10S3/c1-6-44(35-21-25(2)11-17-33(35)42-56(4,48)49)27-13-15-31-37(23-27)55-38-24-28(14-16-32(38)40(31)29-9-7-8-10-30(29)41(46)47)45(20-19-39(45)58(52,53)54)36-22-26(3)12-18-34(36)43-57(5,50)51/h7-18,21-24,39,42-43H,6,19-20H2,1-5H3/p+2. The lowest BCUT2D eigenvalue weighted by Gasteiger charge is -2.50. The average Bonchev–Trinajstić information content (AvgIpc) is 3.11. The summed E-state index contributed by atoms with van der Waals surface area (Å²) >= 11 is 0.